The summed E-state index contributed by atoms with van der Waals surface area (Å²) in [5.41, 5.74) is 2.02. The molecule has 2 amide bonds. The number of amides is 2. The Morgan fingerprint density at radius 2 is 1.48 bits per heavy atom. The Hall–Kier alpha value is -2.76. The summed E-state index contributed by atoms with van der Waals surface area (Å²) in [4.78, 5) is 39.4. The van der Waals surface area contributed by atoms with Crippen LogP contribution in [0.4, 0.5) is 0 Å². The summed E-state index contributed by atoms with van der Waals surface area (Å²) >= 11 is 0. The van der Waals surface area contributed by atoms with E-state index in [0.717, 1.165) is 49.9 Å². The van der Waals surface area contributed by atoms with E-state index >= 15 is 0 Å². The number of hydrogen-bond donors (Lipinski definition) is 1. The van der Waals surface area contributed by atoms with Crippen molar-refractivity contribution in [2.45, 2.75) is 92.5 Å². The highest BCUT2D eigenvalue weighted by atomic mass is 16.2. The van der Waals surface area contributed by atoms with Gasteiger partial charge < -0.3 is 10.2 Å². The second kappa shape index (κ2) is 15.1. The minimum absolute atomic E-state index is 0.0363. The van der Waals surface area contributed by atoms with E-state index in [1.165, 1.54) is 6.42 Å². The Labute approximate surface area is 254 Å². The molecular weight excluding hydrogens is 520 g/mol. The third kappa shape index (κ3) is 8.20. The first-order chi connectivity index (χ1) is 20.2. The molecule has 7 atom stereocenters. The van der Waals surface area contributed by atoms with Gasteiger partial charge in [0.05, 0.1) is 0 Å². The van der Waals surface area contributed by atoms with Crippen LogP contribution in [0, 0.1) is 47.3 Å². The van der Waals surface area contributed by atoms with Crippen LogP contribution in [0.1, 0.15) is 85.0 Å². The van der Waals surface area contributed by atoms with E-state index in [1.54, 1.807) is 6.20 Å². The Balaban J connectivity index is 1.52. The van der Waals surface area contributed by atoms with Gasteiger partial charge in [0.25, 0.3) is 0 Å². The van der Waals surface area contributed by atoms with Crippen molar-refractivity contribution in [3.05, 3.63) is 60.2 Å². The van der Waals surface area contributed by atoms with Crippen LogP contribution in [0.5, 0.6) is 0 Å². The first-order valence-electron chi connectivity index (χ1n) is 16.5. The van der Waals surface area contributed by atoms with Crippen LogP contribution in [0.15, 0.2) is 48.8 Å². The second-order valence-corrected chi connectivity index (χ2v) is 13.9. The molecule has 0 spiro atoms. The van der Waals surface area contributed by atoms with Gasteiger partial charge in [-0.05, 0) is 85.5 Å². The lowest BCUT2D eigenvalue weighted by Gasteiger charge is -2.48. The molecule has 0 aliphatic heterocycles. The van der Waals surface area contributed by atoms with E-state index < -0.39 is 0 Å². The number of nitrogens with zero attached hydrogens (tertiary/aromatic N) is 3. The molecule has 6 heteroatoms. The molecule has 230 valence electrons. The summed E-state index contributed by atoms with van der Waals surface area (Å²) in [7, 11) is 0. The van der Waals surface area contributed by atoms with Crippen molar-refractivity contribution in [2.24, 2.45) is 47.3 Å². The molecule has 2 fully saturated rings. The maximum Gasteiger partial charge on any atom is 0.226 e. The van der Waals surface area contributed by atoms with E-state index in [2.05, 4.69) is 67.8 Å². The van der Waals surface area contributed by atoms with Crippen molar-refractivity contribution >= 4 is 11.8 Å². The van der Waals surface area contributed by atoms with Crippen molar-refractivity contribution in [1.82, 2.24) is 20.2 Å². The largest absolute Gasteiger partial charge is 0.355 e. The molecule has 2 heterocycles. The number of carbonyl (C=O) groups excluding carboxylic acids is 2. The summed E-state index contributed by atoms with van der Waals surface area (Å²) in [5, 5.41) is 3.23. The normalized spacial score (nSPS) is 28.0. The van der Waals surface area contributed by atoms with Gasteiger partial charge in [0.2, 0.25) is 11.8 Å². The number of rotatable bonds is 11. The Bertz CT molecular complexity index is 1120. The van der Waals surface area contributed by atoms with Crippen LogP contribution in [0.3, 0.4) is 0 Å². The summed E-state index contributed by atoms with van der Waals surface area (Å²) in [6, 6.07) is 12.1. The summed E-state index contributed by atoms with van der Waals surface area (Å²) in [6.07, 6.45) is 10.2. The standard InChI is InChI=1S/C36H54N4O2/c1-24(2)30-14-13-26(5)21-33(30)36(42)40(20-16-29-12-8-10-18-38-29)34-23-31(25(3)4)32(22-27(34)6)35(41)39-19-15-28-11-7-9-17-37-28/h7-12,17-18,24-27,30-34H,13-16,19-23H2,1-6H3,(H,39,41)/t26?,27-,30?,31+,32-,33?,34?/m1/s1. The molecule has 0 saturated heterocycles. The minimum atomic E-state index is -0.0363. The molecule has 0 aromatic carbocycles. The number of hydrogen-bond acceptors (Lipinski definition) is 4. The van der Waals surface area contributed by atoms with Crippen LogP contribution >= 0.6 is 0 Å². The maximum absolute atomic E-state index is 14.6. The molecule has 2 aliphatic carbocycles. The van der Waals surface area contributed by atoms with Crippen molar-refractivity contribution in [2.75, 3.05) is 13.1 Å². The highest BCUT2D eigenvalue weighted by molar-refractivity contribution is 5.81. The van der Waals surface area contributed by atoms with Crippen LogP contribution in [0.2, 0.25) is 0 Å². The van der Waals surface area contributed by atoms with E-state index in [0.29, 0.717) is 42.7 Å². The Kier molecular flexibility index (Phi) is 11.6. The average molecular weight is 575 g/mol. The monoisotopic (exact) mass is 574 g/mol. The zero-order chi connectivity index (χ0) is 30.2. The van der Waals surface area contributed by atoms with Gasteiger partial charge in [-0.1, -0.05) is 60.1 Å². The van der Waals surface area contributed by atoms with Crippen LogP contribution in [-0.4, -0.2) is 45.8 Å². The van der Waals surface area contributed by atoms with Gasteiger partial charge >= 0.3 is 0 Å². The fraction of sp³-hybridized carbons (Fsp3) is 0.667. The van der Waals surface area contributed by atoms with Crippen molar-refractivity contribution in [1.29, 1.82) is 0 Å². The number of nitrogens with one attached hydrogen (secondary N) is 1. The topological polar surface area (TPSA) is 75.2 Å². The first kappa shape index (κ1) is 32.2. The lowest BCUT2D eigenvalue weighted by Crippen LogP contribution is -2.55. The molecule has 2 aromatic heterocycles. The third-order valence-electron chi connectivity index (χ3n) is 10.3. The summed E-state index contributed by atoms with van der Waals surface area (Å²) < 4.78 is 0. The smallest absolute Gasteiger partial charge is 0.226 e. The van der Waals surface area contributed by atoms with Crippen LogP contribution in [0.25, 0.3) is 0 Å². The SMILES string of the molecule is CC1CCC(C(C)C)C(C(=O)N(CCc2ccccn2)C2C[C@@H](C(C)C)[C@H](C(=O)NCCc3ccccn3)C[C@H]2C)C1. The van der Waals surface area contributed by atoms with Crippen LogP contribution in [-0.2, 0) is 22.4 Å². The lowest BCUT2D eigenvalue weighted by atomic mass is 9.66. The van der Waals surface area contributed by atoms with E-state index in [9.17, 15) is 9.59 Å². The molecule has 4 unspecified atom stereocenters. The fourth-order valence-electron chi connectivity index (χ4n) is 7.79. The molecule has 42 heavy (non-hydrogen) atoms. The number of aromatic nitrogens is 2. The predicted molar refractivity (Wildman–Crippen MR) is 169 cm³/mol. The molecule has 2 saturated carbocycles. The van der Waals surface area contributed by atoms with Gasteiger partial charge in [0.15, 0.2) is 0 Å². The molecule has 2 aliphatic rings. The molecular formula is C36H54N4O2. The quantitative estimate of drug-likeness (QED) is 0.328. The summed E-state index contributed by atoms with van der Waals surface area (Å²) in [6.45, 7) is 14.9. The van der Waals surface area contributed by atoms with Crippen LogP contribution < -0.4 is 5.32 Å². The van der Waals surface area contributed by atoms with E-state index in [4.69, 9.17) is 0 Å². The predicted octanol–water partition coefficient (Wildman–Crippen LogP) is 6.60. The van der Waals surface area contributed by atoms with Gasteiger partial charge in [-0.25, -0.2) is 0 Å². The highest BCUT2D eigenvalue weighted by Crippen LogP contribution is 2.43. The van der Waals surface area contributed by atoms with Gasteiger partial charge in [-0.15, -0.1) is 0 Å². The maximum atomic E-state index is 14.6. The van der Waals surface area contributed by atoms with Crippen molar-refractivity contribution in [3.8, 4) is 0 Å². The highest BCUT2D eigenvalue weighted by Gasteiger charge is 2.45. The van der Waals surface area contributed by atoms with Gasteiger partial charge in [-0.2, -0.15) is 0 Å². The zero-order valence-electron chi connectivity index (χ0n) is 26.8. The van der Waals surface area contributed by atoms with Gasteiger partial charge in [-0.3, -0.25) is 19.6 Å². The molecule has 0 radical (unpaired) electrons. The lowest BCUT2D eigenvalue weighted by molar-refractivity contribution is -0.146. The molecule has 2 aromatic rings. The second-order valence-electron chi connectivity index (χ2n) is 13.9. The zero-order valence-corrected chi connectivity index (χ0v) is 26.8. The number of pyridine rings is 2. The van der Waals surface area contributed by atoms with E-state index in [1.807, 2.05) is 36.5 Å². The Morgan fingerprint density at radius 1 is 0.833 bits per heavy atom. The first-order valence-corrected chi connectivity index (χ1v) is 16.5. The summed E-state index contributed by atoms with van der Waals surface area (Å²) in [5.74, 6) is 2.89. The molecule has 6 nitrogen and oxygen atoms in total. The van der Waals surface area contributed by atoms with Gasteiger partial charge in [0, 0.05) is 67.6 Å². The molecule has 1 N–H and O–H groups in total. The molecule has 0 bridgehead atoms. The fourth-order valence-corrected chi connectivity index (χ4v) is 7.79. The molecule has 4 rings (SSSR count). The number of carbonyl (C=O) groups is 2. The minimum Gasteiger partial charge on any atom is -0.355 e. The van der Waals surface area contributed by atoms with E-state index in [-0.39, 0.29) is 35.6 Å². The Morgan fingerprint density at radius 3 is 2.07 bits per heavy atom. The van der Waals surface area contributed by atoms with Crippen molar-refractivity contribution < 1.29 is 9.59 Å². The van der Waals surface area contributed by atoms with Crippen molar-refractivity contribution in [3.63, 3.8) is 0 Å². The third-order valence-corrected chi connectivity index (χ3v) is 10.3. The average Bonchev–Trinajstić information content (AvgIpc) is 2.98. The van der Waals surface area contributed by atoms with Gasteiger partial charge in [0.1, 0.15) is 0 Å².